The lowest BCUT2D eigenvalue weighted by Crippen LogP contribution is -2.52. The molecule has 1 aliphatic rings. The molecule has 1 unspecified atom stereocenters. The second kappa shape index (κ2) is 7.70. The van der Waals surface area contributed by atoms with Gasteiger partial charge in [0.25, 0.3) is 5.91 Å². The molecule has 0 radical (unpaired) electrons. The first kappa shape index (κ1) is 17.5. The third kappa shape index (κ3) is 4.39. The van der Waals surface area contributed by atoms with Crippen LogP contribution < -0.4 is 9.64 Å². The second-order valence-corrected chi connectivity index (χ2v) is 6.50. The zero-order valence-corrected chi connectivity index (χ0v) is 15.1. The van der Waals surface area contributed by atoms with E-state index in [-0.39, 0.29) is 5.91 Å². The van der Waals surface area contributed by atoms with Gasteiger partial charge < -0.3 is 14.5 Å². The molecule has 1 aromatic carbocycles. The summed E-state index contributed by atoms with van der Waals surface area (Å²) in [5.41, 5.74) is 0.893. The minimum atomic E-state index is -0.552. The predicted molar refractivity (Wildman–Crippen MR) is 97.1 cm³/mol. The van der Waals surface area contributed by atoms with E-state index >= 15 is 0 Å². The van der Waals surface area contributed by atoms with E-state index in [0.29, 0.717) is 23.9 Å². The molecule has 2 aromatic rings. The normalized spacial score (nSPS) is 15.8. The molecule has 1 aliphatic heterocycles. The SMILES string of the molecule is Cc1ccc(N2CCN(C(=O)C(C)Oc3cccc(Cl)c3)CC2)nn1. The zero-order valence-electron chi connectivity index (χ0n) is 14.4. The number of piperazine rings is 1. The summed E-state index contributed by atoms with van der Waals surface area (Å²) in [6, 6.07) is 11.0. The molecule has 3 rings (SSSR count). The Bertz CT molecular complexity index is 730. The van der Waals surface area contributed by atoms with Crippen molar-refractivity contribution in [3.63, 3.8) is 0 Å². The van der Waals surface area contributed by atoms with Gasteiger partial charge in [-0.1, -0.05) is 17.7 Å². The Hall–Kier alpha value is -2.34. The van der Waals surface area contributed by atoms with Gasteiger partial charge in [-0.3, -0.25) is 4.79 Å². The summed E-state index contributed by atoms with van der Waals surface area (Å²) in [5, 5.41) is 8.88. The van der Waals surface area contributed by atoms with Crippen LogP contribution in [0.25, 0.3) is 0 Å². The van der Waals surface area contributed by atoms with Crippen LogP contribution in [0.2, 0.25) is 5.02 Å². The van der Waals surface area contributed by atoms with E-state index in [9.17, 15) is 4.79 Å². The fourth-order valence-corrected chi connectivity index (χ4v) is 2.95. The molecule has 6 nitrogen and oxygen atoms in total. The number of amides is 1. The number of ether oxygens (including phenoxy) is 1. The Balaban J connectivity index is 1.54. The van der Waals surface area contributed by atoms with E-state index in [0.717, 1.165) is 24.6 Å². The number of halogens is 1. The van der Waals surface area contributed by atoms with Crippen molar-refractivity contribution in [1.82, 2.24) is 15.1 Å². The summed E-state index contributed by atoms with van der Waals surface area (Å²) in [4.78, 5) is 16.6. The zero-order chi connectivity index (χ0) is 17.8. The van der Waals surface area contributed by atoms with Crippen LogP contribution in [0.4, 0.5) is 5.82 Å². The third-order valence-electron chi connectivity index (χ3n) is 4.16. The number of hydrogen-bond donors (Lipinski definition) is 0. The number of rotatable bonds is 4. The van der Waals surface area contributed by atoms with Crippen molar-refractivity contribution in [2.24, 2.45) is 0 Å². The molecular formula is C18H21ClN4O2. The van der Waals surface area contributed by atoms with Crippen LogP contribution in [0, 0.1) is 6.92 Å². The first-order chi connectivity index (χ1) is 12.0. The van der Waals surface area contributed by atoms with Gasteiger partial charge in [0.05, 0.1) is 5.69 Å². The minimum absolute atomic E-state index is 0.0189. The Morgan fingerprint density at radius 3 is 2.56 bits per heavy atom. The average molecular weight is 361 g/mol. The van der Waals surface area contributed by atoms with Crippen LogP contribution >= 0.6 is 11.6 Å². The van der Waals surface area contributed by atoms with Crippen LogP contribution in [0.15, 0.2) is 36.4 Å². The van der Waals surface area contributed by atoms with Gasteiger partial charge in [0.1, 0.15) is 5.75 Å². The molecule has 132 valence electrons. The van der Waals surface area contributed by atoms with Crippen LogP contribution in [0.5, 0.6) is 5.75 Å². The smallest absolute Gasteiger partial charge is 0.263 e. The number of benzene rings is 1. The summed E-state index contributed by atoms with van der Waals surface area (Å²) in [7, 11) is 0. The molecule has 1 amide bonds. The second-order valence-electron chi connectivity index (χ2n) is 6.06. The molecule has 1 aromatic heterocycles. The van der Waals surface area contributed by atoms with Crippen molar-refractivity contribution in [3.8, 4) is 5.75 Å². The molecule has 25 heavy (non-hydrogen) atoms. The molecule has 2 heterocycles. The van der Waals surface area contributed by atoms with Crippen molar-refractivity contribution in [2.75, 3.05) is 31.1 Å². The lowest BCUT2D eigenvalue weighted by molar-refractivity contribution is -0.138. The molecular weight excluding hydrogens is 340 g/mol. The minimum Gasteiger partial charge on any atom is -0.481 e. The van der Waals surface area contributed by atoms with Gasteiger partial charge >= 0.3 is 0 Å². The van der Waals surface area contributed by atoms with Crippen molar-refractivity contribution in [2.45, 2.75) is 20.0 Å². The van der Waals surface area contributed by atoms with Gasteiger partial charge in [-0.05, 0) is 44.2 Å². The number of carbonyl (C=O) groups excluding carboxylic acids is 1. The first-order valence-electron chi connectivity index (χ1n) is 8.29. The maximum atomic E-state index is 12.6. The van der Waals surface area contributed by atoms with E-state index in [2.05, 4.69) is 15.1 Å². The van der Waals surface area contributed by atoms with Crippen molar-refractivity contribution >= 4 is 23.3 Å². The molecule has 7 heteroatoms. The topological polar surface area (TPSA) is 58.6 Å². The number of aryl methyl sites for hydroxylation is 1. The fourth-order valence-electron chi connectivity index (χ4n) is 2.77. The molecule has 0 N–H and O–H groups in total. The highest BCUT2D eigenvalue weighted by Gasteiger charge is 2.26. The maximum Gasteiger partial charge on any atom is 0.263 e. The number of anilines is 1. The highest BCUT2D eigenvalue weighted by Crippen LogP contribution is 2.19. The lowest BCUT2D eigenvalue weighted by atomic mass is 10.2. The molecule has 1 atom stereocenters. The summed E-state index contributed by atoms with van der Waals surface area (Å²) in [5.74, 6) is 1.43. The summed E-state index contributed by atoms with van der Waals surface area (Å²) >= 11 is 5.95. The Kier molecular flexibility index (Phi) is 5.38. The quantitative estimate of drug-likeness (QED) is 0.838. The lowest BCUT2D eigenvalue weighted by Gasteiger charge is -2.36. The van der Waals surface area contributed by atoms with Gasteiger partial charge in [0, 0.05) is 31.2 Å². The van der Waals surface area contributed by atoms with Crippen molar-refractivity contribution in [1.29, 1.82) is 0 Å². The van der Waals surface area contributed by atoms with Crippen LogP contribution in [-0.4, -0.2) is 53.3 Å². The molecule has 1 saturated heterocycles. The van der Waals surface area contributed by atoms with Gasteiger partial charge in [0.2, 0.25) is 0 Å². The molecule has 0 spiro atoms. The van der Waals surface area contributed by atoms with Crippen LogP contribution in [0.1, 0.15) is 12.6 Å². The third-order valence-corrected chi connectivity index (χ3v) is 4.39. The molecule has 0 aliphatic carbocycles. The van der Waals surface area contributed by atoms with Gasteiger partial charge in [-0.25, -0.2) is 0 Å². The average Bonchev–Trinajstić information content (AvgIpc) is 2.62. The van der Waals surface area contributed by atoms with Gasteiger partial charge in [-0.15, -0.1) is 5.10 Å². The Morgan fingerprint density at radius 1 is 1.16 bits per heavy atom. The largest absolute Gasteiger partial charge is 0.481 e. The molecule has 0 bridgehead atoms. The highest BCUT2D eigenvalue weighted by molar-refractivity contribution is 6.30. The summed E-state index contributed by atoms with van der Waals surface area (Å²) in [6.07, 6.45) is -0.552. The van der Waals surface area contributed by atoms with Gasteiger partial charge in [0.15, 0.2) is 11.9 Å². The Labute approximate surface area is 152 Å². The Morgan fingerprint density at radius 2 is 1.92 bits per heavy atom. The number of carbonyl (C=O) groups is 1. The highest BCUT2D eigenvalue weighted by atomic mass is 35.5. The van der Waals surface area contributed by atoms with E-state index in [1.165, 1.54) is 0 Å². The van der Waals surface area contributed by atoms with Crippen molar-refractivity contribution in [3.05, 3.63) is 47.1 Å². The van der Waals surface area contributed by atoms with Crippen LogP contribution in [-0.2, 0) is 4.79 Å². The standard InChI is InChI=1S/C18H21ClN4O2/c1-13-6-7-17(21-20-13)22-8-10-23(11-9-22)18(24)14(2)25-16-5-3-4-15(19)12-16/h3-7,12,14H,8-11H2,1-2H3. The number of nitrogens with zero attached hydrogens (tertiary/aromatic N) is 4. The van der Waals surface area contributed by atoms with E-state index in [1.54, 1.807) is 31.2 Å². The fraction of sp³-hybridized carbons (Fsp3) is 0.389. The summed E-state index contributed by atoms with van der Waals surface area (Å²) < 4.78 is 5.72. The first-order valence-corrected chi connectivity index (χ1v) is 8.67. The maximum absolute atomic E-state index is 12.6. The number of aromatic nitrogens is 2. The van der Waals surface area contributed by atoms with Gasteiger partial charge in [-0.2, -0.15) is 5.10 Å². The van der Waals surface area contributed by atoms with Crippen molar-refractivity contribution < 1.29 is 9.53 Å². The number of hydrogen-bond acceptors (Lipinski definition) is 5. The summed E-state index contributed by atoms with van der Waals surface area (Å²) in [6.45, 7) is 6.41. The van der Waals surface area contributed by atoms with Crippen LogP contribution in [0.3, 0.4) is 0 Å². The monoisotopic (exact) mass is 360 g/mol. The van der Waals surface area contributed by atoms with E-state index in [4.69, 9.17) is 16.3 Å². The molecule has 0 saturated carbocycles. The molecule has 1 fully saturated rings. The van der Waals surface area contributed by atoms with E-state index < -0.39 is 6.10 Å². The predicted octanol–water partition coefficient (Wildman–Crippen LogP) is 2.55. The van der Waals surface area contributed by atoms with E-state index in [1.807, 2.05) is 24.0 Å².